The predicted octanol–water partition coefficient (Wildman–Crippen LogP) is 1.81. The number of carboxylic acid groups (broad SMARTS) is 1. The number of carbonyl (C=O) groups is 2. The van der Waals surface area contributed by atoms with Gasteiger partial charge in [-0.3, -0.25) is 9.69 Å². The number of urea groups is 1. The minimum Gasteiger partial charge on any atom is -0.480 e. The van der Waals surface area contributed by atoms with E-state index in [0.29, 0.717) is 18.8 Å². The first-order chi connectivity index (χ1) is 10.1. The fourth-order valence-electron chi connectivity index (χ4n) is 2.47. The van der Waals surface area contributed by atoms with E-state index >= 15 is 0 Å². The summed E-state index contributed by atoms with van der Waals surface area (Å²) in [4.78, 5) is 26.6. The number of piperidine rings is 1. The quantitative estimate of drug-likeness (QED) is 0.918. The van der Waals surface area contributed by atoms with Crippen molar-refractivity contribution in [1.29, 1.82) is 0 Å². The number of aliphatic carboxylic acids is 1. The van der Waals surface area contributed by atoms with Crippen LogP contribution in [0, 0.1) is 0 Å². The maximum atomic E-state index is 12.6. The number of hydrogen-bond donors (Lipinski definition) is 1. The minimum atomic E-state index is -1.03. The molecular weight excluding hydrogens is 272 g/mol. The number of amides is 2. The van der Waals surface area contributed by atoms with Crippen LogP contribution in [0.3, 0.4) is 0 Å². The van der Waals surface area contributed by atoms with E-state index in [9.17, 15) is 9.59 Å². The highest BCUT2D eigenvalue weighted by molar-refractivity contribution is 5.96. The van der Waals surface area contributed by atoms with Gasteiger partial charge in [0, 0.05) is 25.9 Å². The molecule has 1 aromatic carbocycles. The number of carbonyl (C=O) groups excluding carboxylic acids is 1. The lowest BCUT2D eigenvalue weighted by Gasteiger charge is -2.34. The van der Waals surface area contributed by atoms with Crippen molar-refractivity contribution >= 4 is 17.7 Å². The summed E-state index contributed by atoms with van der Waals surface area (Å²) in [6.07, 6.45) is 1.73. The molecule has 2 rings (SSSR count). The number of methoxy groups -OCH3 is 1. The first-order valence-corrected chi connectivity index (χ1v) is 6.98. The number of ether oxygens (including phenoxy) is 1. The van der Waals surface area contributed by atoms with E-state index in [1.165, 1.54) is 4.90 Å². The Bertz CT molecular complexity index is 484. The second kappa shape index (κ2) is 7.08. The fraction of sp³-hybridized carbons (Fsp3) is 0.467. The van der Waals surface area contributed by atoms with Gasteiger partial charge in [0.15, 0.2) is 0 Å². The van der Waals surface area contributed by atoms with Gasteiger partial charge >= 0.3 is 12.0 Å². The van der Waals surface area contributed by atoms with Crippen LogP contribution < -0.4 is 4.90 Å². The van der Waals surface area contributed by atoms with Crippen LogP contribution in [-0.4, -0.2) is 54.9 Å². The molecule has 6 heteroatoms. The highest BCUT2D eigenvalue weighted by Gasteiger charge is 2.28. The lowest BCUT2D eigenvalue weighted by Crippen LogP contribution is -2.49. The molecule has 1 saturated heterocycles. The van der Waals surface area contributed by atoms with Crippen LogP contribution in [0.2, 0.25) is 0 Å². The van der Waals surface area contributed by atoms with Gasteiger partial charge < -0.3 is 14.7 Å². The molecule has 21 heavy (non-hydrogen) atoms. The van der Waals surface area contributed by atoms with Crippen LogP contribution in [-0.2, 0) is 9.53 Å². The molecular formula is C15H20N2O4. The average molecular weight is 292 g/mol. The summed E-state index contributed by atoms with van der Waals surface area (Å²) >= 11 is 0. The topological polar surface area (TPSA) is 70.1 Å². The van der Waals surface area contributed by atoms with E-state index in [2.05, 4.69) is 0 Å². The first kappa shape index (κ1) is 15.3. The molecule has 1 aromatic rings. The van der Waals surface area contributed by atoms with Crippen LogP contribution in [0.4, 0.5) is 10.5 Å². The van der Waals surface area contributed by atoms with E-state index < -0.39 is 5.97 Å². The molecule has 0 bridgehead atoms. The zero-order valence-corrected chi connectivity index (χ0v) is 12.1. The van der Waals surface area contributed by atoms with E-state index in [-0.39, 0.29) is 18.7 Å². The molecule has 1 N–H and O–H groups in total. The Balaban J connectivity index is 2.10. The highest BCUT2D eigenvalue weighted by atomic mass is 16.5. The Kier molecular flexibility index (Phi) is 5.16. The normalized spacial score (nSPS) is 15.8. The van der Waals surface area contributed by atoms with Gasteiger partial charge in [-0.05, 0) is 25.0 Å². The molecule has 0 aromatic heterocycles. The van der Waals surface area contributed by atoms with E-state index in [4.69, 9.17) is 9.84 Å². The van der Waals surface area contributed by atoms with Crippen LogP contribution in [0.25, 0.3) is 0 Å². The maximum absolute atomic E-state index is 12.6. The zero-order valence-electron chi connectivity index (χ0n) is 12.1. The molecule has 1 aliphatic rings. The zero-order chi connectivity index (χ0) is 15.2. The van der Waals surface area contributed by atoms with Crippen LogP contribution >= 0.6 is 0 Å². The summed E-state index contributed by atoms with van der Waals surface area (Å²) in [5, 5.41) is 9.04. The van der Waals surface area contributed by atoms with Gasteiger partial charge in [0.25, 0.3) is 0 Å². The molecule has 114 valence electrons. The van der Waals surface area contributed by atoms with Crippen LogP contribution in [0.15, 0.2) is 30.3 Å². The largest absolute Gasteiger partial charge is 0.480 e. The third-order valence-corrected chi connectivity index (χ3v) is 3.64. The number of benzene rings is 1. The monoisotopic (exact) mass is 292 g/mol. The lowest BCUT2D eigenvalue weighted by atomic mass is 10.1. The Morgan fingerprint density at radius 3 is 2.43 bits per heavy atom. The molecule has 0 spiro atoms. The number of carboxylic acids is 1. The summed E-state index contributed by atoms with van der Waals surface area (Å²) < 4.78 is 5.28. The van der Waals surface area contributed by atoms with Crippen LogP contribution in [0.5, 0.6) is 0 Å². The Labute approximate surface area is 123 Å². The smallest absolute Gasteiger partial charge is 0.325 e. The number of hydrogen-bond acceptors (Lipinski definition) is 3. The van der Waals surface area contributed by atoms with Gasteiger partial charge in [-0.25, -0.2) is 4.79 Å². The van der Waals surface area contributed by atoms with E-state index in [1.54, 1.807) is 36.3 Å². The lowest BCUT2D eigenvalue weighted by molar-refractivity contribution is -0.135. The predicted molar refractivity (Wildman–Crippen MR) is 78.4 cm³/mol. The second-order valence-electron chi connectivity index (χ2n) is 5.02. The third kappa shape index (κ3) is 3.95. The molecule has 1 heterocycles. The third-order valence-electron chi connectivity index (χ3n) is 3.64. The molecule has 1 fully saturated rings. The first-order valence-electron chi connectivity index (χ1n) is 6.98. The summed E-state index contributed by atoms with van der Waals surface area (Å²) in [5.74, 6) is -1.03. The molecule has 0 saturated carbocycles. The number of para-hydroxylation sites is 1. The Hall–Kier alpha value is -2.08. The number of rotatable bonds is 4. The Morgan fingerprint density at radius 2 is 1.90 bits per heavy atom. The number of anilines is 1. The van der Waals surface area contributed by atoms with Gasteiger partial charge in [0.1, 0.15) is 6.54 Å². The van der Waals surface area contributed by atoms with Crippen molar-refractivity contribution in [3.8, 4) is 0 Å². The molecule has 0 unspecified atom stereocenters. The minimum absolute atomic E-state index is 0.179. The molecule has 2 amide bonds. The molecule has 0 aliphatic carbocycles. The van der Waals surface area contributed by atoms with Crippen molar-refractivity contribution in [1.82, 2.24) is 4.90 Å². The van der Waals surface area contributed by atoms with Gasteiger partial charge in [0.2, 0.25) is 0 Å². The van der Waals surface area contributed by atoms with Gasteiger partial charge in [-0.1, -0.05) is 18.2 Å². The van der Waals surface area contributed by atoms with Crippen molar-refractivity contribution in [2.45, 2.75) is 18.9 Å². The van der Waals surface area contributed by atoms with Gasteiger partial charge in [-0.15, -0.1) is 0 Å². The van der Waals surface area contributed by atoms with Crippen LogP contribution in [0.1, 0.15) is 12.8 Å². The highest BCUT2D eigenvalue weighted by Crippen LogP contribution is 2.19. The molecule has 6 nitrogen and oxygen atoms in total. The number of likely N-dealkylation sites (tertiary alicyclic amines) is 1. The SMILES string of the molecule is COC1CCN(C(=O)N(CC(=O)O)c2ccccc2)CC1. The fourth-order valence-corrected chi connectivity index (χ4v) is 2.47. The van der Waals surface area contributed by atoms with Crippen molar-refractivity contribution in [2.75, 3.05) is 31.6 Å². The standard InChI is InChI=1S/C15H20N2O4/c1-21-13-7-9-16(10-8-13)15(20)17(11-14(18)19)12-5-3-2-4-6-12/h2-6,13H,7-11H2,1H3,(H,18,19). The molecule has 0 radical (unpaired) electrons. The molecule has 0 atom stereocenters. The van der Waals surface area contributed by atoms with Gasteiger partial charge in [-0.2, -0.15) is 0 Å². The van der Waals surface area contributed by atoms with Crippen molar-refractivity contribution in [3.63, 3.8) is 0 Å². The molecule has 1 aliphatic heterocycles. The second-order valence-corrected chi connectivity index (χ2v) is 5.02. The summed E-state index contributed by atoms with van der Waals surface area (Å²) in [6.45, 7) is 0.827. The van der Waals surface area contributed by atoms with E-state index in [1.807, 2.05) is 6.07 Å². The maximum Gasteiger partial charge on any atom is 0.325 e. The number of nitrogens with zero attached hydrogens (tertiary/aromatic N) is 2. The van der Waals surface area contributed by atoms with Crippen molar-refractivity contribution in [2.24, 2.45) is 0 Å². The Morgan fingerprint density at radius 1 is 1.29 bits per heavy atom. The summed E-state index contributed by atoms with van der Waals surface area (Å²) in [5.41, 5.74) is 0.596. The summed E-state index contributed by atoms with van der Waals surface area (Å²) in [7, 11) is 1.67. The summed E-state index contributed by atoms with van der Waals surface area (Å²) in [6, 6.07) is 8.62. The average Bonchev–Trinajstić information content (AvgIpc) is 2.53. The van der Waals surface area contributed by atoms with Gasteiger partial charge in [0.05, 0.1) is 6.10 Å². The van der Waals surface area contributed by atoms with Crippen molar-refractivity contribution < 1.29 is 19.4 Å². The van der Waals surface area contributed by atoms with Crippen molar-refractivity contribution in [3.05, 3.63) is 30.3 Å². The van der Waals surface area contributed by atoms with E-state index in [0.717, 1.165) is 12.8 Å².